The largest absolute Gasteiger partial charge is 0.366 e. The fraction of sp³-hybridized carbons (Fsp3) is 0.429. The molecule has 1 aromatic heterocycles. The lowest BCUT2D eigenvalue weighted by atomic mass is 9.97. The van der Waals surface area contributed by atoms with Gasteiger partial charge < -0.3 is 10.6 Å². The first-order valence-electron chi connectivity index (χ1n) is 9.40. The van der Waals surface area contributed by atoms with Crippen molar-refractivity contribution in [3.63, 3.8) is 0 Å². The summed E-state index contributed by atoms with van der Waals surface area (Å²) in [6.07, 6.45) is 9.64. The van der Waals surface area contributed by atoms with Crippen LogP contribution in [0.2, 0.25) is 0 Å². The van der Waals surface area contributed by atoms with Crippen molar-refractivity contribution in [3.05, 3.63) is 53.8 Å². The van der Waals surface area contributed by atoms with E-state index in [0.29, 0.717) is 11.6 Å². The molecule has 1 aliphatic heterocycles. The zero-order chi connectivity index (χ0) is 18.5. The molecule has 0 saturated carbocycles. The van der Waals surface area contributed by atoms with E-state index >= 15 is 0 Å². The van der Waals surface area contributed by atoms with Crippen LogP contribution in [0.25, 0.3) is 5.57 Å². The van der Waals surface area contributed by atoms with E-state index < -0.39 is 5.91 Å². The van der Waals surface area contributed by atoms with Crippen molar-refractivity contribution in [2.24, 2.45) is 5.73 Å². The number of piperazine rings is 1. The second-order valence-electron chi connectivity index (χ2n) is 7.07. The van der Waals surface area contributed by atoms with Gasteiger partial charge in [-0.2, -0.15) is 0 Å². The molecule has 2 heterocycles. The van der Waals surface area contributed by atoms with Gasteiger partial charge in [0.25, 0.3) is 0 Å². The highest BCUT2D eigenvalue weighted by atomic mass is 16.1. The van der Waals surface area contributed by atoms with Crippen molar-refractivity contribution in [3.8, 4) is 0 Å². The molecule has 2 aliphatic rings. The molecule has 1 aromatic rings. The Morgan fingerprint density at radius 1 is 1.15 bits per heavy atom. The molecule has 0 radical (unpaired) electrons. The molecule has 5 heteroatoms. The molecule has 2 N–H and O–H groups in total. The Morgan fingerprint density at radius 3 is 2.62 bits per heavy atom. The number of anilines is 1. The molecule has 1 amide bonds. The van der Waals surface area contributed by atoms with E-state index in [1.165, 1.54) is 0 Å². The number of nitrogens with two attached hydrogens (primary N) is 1. The number of aromatic nitrogens is 1. The molecule has 1 aliphatic carbocycles. The Labute approximate surface area is 155 Å². The monoisotopic (exact) mass is 352 g/mol. The summed E-state index contributed by atoms with van der Waals surface area (Å²) in [5, 5.41) is 0. The topological polar surface area (TPSA) is 62.5 Å². The minimum atomic E-state index is -0.416. The van der Waals surface area contributed by atoms with Gasteiger partial charge in [-0.25, -0.2) is 4.98 Å². The van der Waals surface area contributed by atoms with Crippen molar-refractivity contribution in [1.29, 1.82) is 0 Å². The number of allylic oxidation sites excluding steroid dienone is 4. The summed E-state index contributed by atoms with van der Waals surface area (Å²) in [7, 11) is 0. The first kappa shape index (κ1) is 18.4. The fourth-order valence-electron chi connectivity index (χ4n) is 3.46. The maximum Gasteiger partial charge on any atom is 0.249 e. The van der Waals surface area contributed by atoms with E-state index in [1.807, 2.05) is 30.4 Å². The van der Waals surface area contributed by atoms with Crippen LogP contribution in [0.1, 0.15) is 32.4 Å². The number of rotatable bonds is 4. The highest BCUT2D eigenvalue weighted by molar-refractivity contribution is 6.08. The van der Waals surface area contributed by atoms with E-state index in [0.717, 1.165) is 56.1 Å². The van der Waals surface area contributed by atoms with Gasteiger partial charge in [-0.15, -0.1) is 0 Å². The normalized spacial score (nSPS) is 24.2. The summed E-state index contributed by atoms with van der Waals surface area (Å²) in [5.41, 5.74) is 7.79. The van der Waals surface area contributed by atoms with E-state index in [2.05, 4.69) is 29.7 Å². The number of pyridine rings is 1. The summed E-state index contributed by atoms with van der Waals surface area (Å²) in [6, 6.07) is 6.60. The lowest BCUT2D eigenvalue weighted by molar-refractivity contribution is -0.114. The molecule has 3 rings (SSSR count). The van der Waals surface area contributed by atoms with Crippen LogP contribution in [0.4, 0.5) is 5.82 Å². The summed E-state index contributed by atoms with van der Waals surface area (Å²) < 4.78 is 0. The van der Waals surface area contributed by atoms with Gasteiger partial charge in [-0.1, -0.05) is 24.3 Å². The third kappa shape index (κ3) is 4.22. The van der Waals surface area contributed by atoms with Gasteiger partial charge in [0.05, 0.1) is 5.69 Å². The molecule has 0 spiro atoms. The van der Waals surface area contributed by atoms with Crippen LogP contribution < -0.4 is 10.6 Å². The van der Waals surface area contributed by atoms with Gasteiger partial charge in [0.2, 0.25) is 5.91 Å². The number of primary amides is 1. The predicted molar refractivity (Wildman–Crippen MR) is 107 cm³/mol. The molecular weight excluding hydrogens is 324 g/mol. The van der Waals surface area contributed by atoms with Crippen LogP contribution in [-0.2, 0) is 4.79 Å². The number of nitrogens with zero attached hydrogens (tertiary/aromatic N) is 3. The van der Waals surface area contributed by atoms with Crippen LogP contribution >= 0.6 is 0 Å². The SMILES string of the molecule is CC(C)N1CCN(c2cccc(C3=C/CC/C=C/C=C\3C(N)=O)n2)CC1. The lowest BCUT2D eigenvalue weighted by Gasteiger charge is -2.37. The highest BCUT2D eigenvalue weighted by Gasteiger charge is 2.21. The number of carbonyl (C=O) groups is 1. The summed E-state index contributed by atoms with van der Waals surface area (Å²) in [6.45, 7) is 8.50. The Balaban J connectivity index is 1.85. The van der Waals surface area contributed by atoms with Crippen LogP contribution in [0.15, 0.2) is 48.1 Å². The van der Waals surface area contributed by atoms with Crippen molar-refractivity contribution in [2.75, 3.05) is 31.1 Å². The van der Waals surface area contributed by atoms with Gasteiger partial charge in [-0.05, 0) is 44.9 Å². The van der Waals surface area contributed by atoms with E-state index in [4.69, 9.17) is 10.7 Å². The highest BCUT2D eigenvalue weighted by Crippen LogP contribution is 2.26. The van der Waals surface area contributed by atoms with Crippen molar-refractivity contribution in [2.45, 2.75) is 32.7 Å². The third-order valence-electron chi connectivity index (χ3n) is 5.02. The van der Waals surface area contributed by atoms with Gasteiger partial charge in [-0.3, -0.25) is 9.69 Å². The Kier molecular flexibility index (Phi) is 5.89. The molecule has 0 unspecified atom stereocenters. The zero-order valence-electron chi connectivity index (χ0n) is 15.7. The average Bonchev–Trinajstić information content (AvgIpc) is 2.61. The molecule has 138 valence electrons. The molecule has 1 fully saturated rings. The van der Waals surface area contributed by atoms with E-state index in [-0.39, 0.29) is 0 Å². The fourth-order valence-corrected chi connectivity index (χ4v) is 3.46. The Bertz CT molecular complexity index is 740. The smallest absolute Gasteiger partial charge is 0.249 e. The van der Waals surface area contributed by atoms with Crippen molar-refractivity contribution < 1.29 is 4.79 Å². The number of hydrogen-bond acceptors (Lipinski definition) is 4. The standard InChI is InChI=1S/C21H28N4O/c1-16(2)24-12-14-25(15-13-24)20-11-7-10-19(23-20)17-8-5-3-4-6-9-18(17)21(22)26/h4,6-11,16H,3,5,12-15H2,1-2H3,(H2,22,26)/b6-4+,17-8+,18-9+. The molecule has 1 saturated heterocycles. The second kappa shape index (κ2) is 8.32. The first-order chi connectivity index (χ1) is 12.6. The van der Waals surface area contributed by atoms with Crippen molar-refractivity contribution in [1.82, 2.24) is 9.88 Å². The average molecular weight is 352 g/mol. The van der Waals surface area contributed by atoms with Gasteiger partial charge in [0, 0.05) is 43.4 Å². The Morgan fingerprint density at radius 2 is 1.92 bits per heavy atom. The maximum absolute atomic E-state index is 11.9. The molecule has 0 aromatic carbocycles. The van der Waals surface area contributed by atoms with E-state index in [9.17, 15) is 4.79 Å². The molecular formula is C21H28N4O. The number of carbonyl (C=O) groups excluding carboxylic acids is 1. The third-order valence-corrected chi connectivity index (χ3v) is 5.02. The quantitative estimate of drug-likeness (QED) is 0.905. The molecule has 26 heavy (non-hydrogen) atoms. The molecule has 0 atom stereocenters. The number of amides is 1. The minimum Gasteiger partial charge on any atom is -0.366 e. The van der Waals surface area contributed by atoms with Gasteiger partial charge in [0.1, 0.15) is 5.82 Å². The molecule has 0 bridgehead atoms. The van der Waals surface area contributed by atoms with Crippen LogP contribution in [0.3, 0.4) is 0 Å². The maximum atomic E-state index is 11.9. The summed E-state index contributed by atoms with van der Waals surface area (Å²) >= 11 is 0. The lowest BCUT2D eigenvalue weighted by Crippen LogP contribution is -2.49. The van der Waals surface area contributed by atoms with Gasteiger partial charge in [0.15, 0.2) is 0 Å². The van der Waals surface area contributed by atoms with Crippen LogP contribution in [0, 0.1) is 0 Å². The second-order valence-corrected chi connectivity index (χ2v) is 7.07. The number of hydrogen-bond donors (Lipinski definition) is 1. The van der Waals surface area contributed by atoms with Gasteiger partial charge >= 0.3 is 0 Å². The summed E-state index contributed by atoms with van der Waals surface area (Å²) in [4.78, 5) is 21.6. The first-order valence-corrected chi connectivity index (χ1v) is 9.40. The van der Waals surface area contributed by atoms with Crippen LogP contribution in [0.5, 0.6) is 0 Å². The minimum absolute atomic E-state index is 0.416. The van der Waals surface area contributed by atoms with Crippen LogP contribution in [-0.4, -0.2) is 48.0 Å². The predicted octanol–water partition coefficient (Wildman–Crippen LogP) is 2.76. The molecule has 5 nitrogen and oxygen atoms in total. The zero-order valence-corrected chi connectivity index (χ0v) is 15.7. The van der Waals surface area contributed by atoms with Crippen molar-refractivity contribution >= 4 is 17.3 Å². The summed E-state index contributed by atoms with van der Waals surface area (Å²) in [5.74, 6) is 0.550. The Hall–Kier alpha value is -2.40. The van der Waals surface area contributed by atoms with E-state index in [1.54, 1.807) is 6.08 Å².